The summed E-state index contributed by atoms with van der Waals surface area (Å²) < 4.78 is 0. The number of nitrogens with zero attached hydrogens (tertiary/aromatic N) is 1. The van der Waals surface area contributed by atoms with Crippen molar-refractivity contribution in [2.45, 2.75) is 12.8 Å². The van der Waals surface area contributed by atoms with Gasteiger partial charge in [0.1, 0.15) is 0 Å². The number of likely N-dealkylation sites (N-methyl/N-ethyl adjacent to an activating group) is 1. The first-order chi connectivity index (χ1) is 8.00. The SMILES string of the molecule is CC(C(=O)NCCN(C)C)c1ccc(N)cc1. The molecule has 94 valence electrons. The number of carbonyl (C=O) groups is 1. The number of anilines is 1. The summed E-state index contributed by atoms with van der Waals surface area (Å²) in [6, 6.07) is 7.43. The average molecular weight is 235 g/mol. The van der Waals surface area contributed by atoms with E-state index < -0.39 is 0 Å². The molecule has 1 rings (SSSR count). The van der Waals surface area contributed by atoms with Crippen LogP contribution in [-0.4, -0.2) is 38.0 Å². The first-order valence-electron chi connectivity index (χ1n) is 5.78. The van der Waals surface area contributed by atoms with Crippen LogP contribution in [0.4, 0.5) is 5.69 Å². The third kappa shape index (κ3) is 4.44. The third-order valence-corrected chi connectivity index (χ3v) is 2.69. The molecule has 0 bridgehead atoms. The zero-order valence-corrected chi connectivity index (χ0v) is 10.7. The first-order valence-corrected chi connectivity index (χ1v) is 5.78. The molecule has 1 unspecified atom stereocenters. The summed E-state index contributed by atoms with van der Waals surface area (Å²) in [5.41, 5.74) is 7.31. The summed E-state index contributed by atoms with van der Waals surface area (Å²) >= 11 is 0. The van der Waals surface area contributed by atoms with E-state index in [1.165, 1.54) is 0 Å². The number of nitrogens with one attached hydrogen (secondary N) is 1. The number of benzene rings is 1. The van der Waals surface area contributed by atoms with Crippen LogP contribution in [0.2, 0.25) is 0 Å². The van der Waals surface area contributed by atoms with Gasteiger partial charge < -0.3 is 16.0 Å². The molecule has 1 aromatic carbocycles. The van der Waals surface area contributed by atoms with Crippen molar-refractivity contribution in [1.82, 2.24) is 10.2 Å². The second-order valence-electron chi connectivity index (χ2n) is 4.48. The largest absolute Gasteiger partial charge is 0.399 e. The van der Waals surface area contributed by atoms with Gasteiger partial charge >= 0.3 is 0 Å². The molecule has 4 nitrogen and oxygen atoms in total. The molecule has 0 aromatic heterocycles. The normalized spacial score (nSPS) is 12.5. The fraction of sp³-hybridized carbons (Fsp3) is 0.462. The number of hydrogen-bond acceptors (Lipinski definition) is 3. The minimum absolute atomic E-state index is 0.0524. The number of nitrogen functional groups attached to an aromatic ring is 1. The van der Waals surface area contributed by atoms with E-state index in [4.69, 9.17) is 5.73 Å². The van der Waals surface area contributed by atoms with Crippen molar-refractivity contribution >= 4 is 11.6 Å². The van der Waals surface area contributed by atoms with Crippen molar-refractivity contribution in [3.05, 3.63) is 29.8 Å². The molecule has 0 radical (unpaired) electrons. The molecule has 1 atom stereocenters. The molecule has 0 saturated heterocycles. The first kappa shape index (κ1) is 13.5. The van der Waals surface area contributed by atoms with Gasteiger partial charge in [0.15, 0.2) is 0 Å². The fourth-order valence-corrected chi connectivity index (χ4v) is 1.49. The number of amides is 1. The fourth-order valence-electron chi connectivity index (χ4n) is 1.49. The molecule has 1 amide bonds. The molecule has 0 aliphatic rings. The zero-order valence-electron chi connectivity index (χ0n) is 10.7. The second kappa shape index (κ2) is 6.25. The maximum Gasteiger partial charge on any atom is 0.227 e. The molecule has 17 heavy (non-hydrogen) atoms. The van der Waals surface area contributed by atoms with Crippen LogP contribution >= 0.6 is 0 Å². The van der Waals surface area contributed by atoms with Gasteiger partial charge in [0.2, 0.25) is 5.91 Å². The molecule has 0 aliphatic heterocycles. The molecular formula is C13H21N3O. The van der Waals surface area contributed by atoms with Crippen LogP contribution in [0, 0.1) is 0 Å². The van der Waals surface area contributed by atoms with Gasteiger partial charge in [0, 0.05) is 18.8 Å². The Bertz CT molecular complexity index is 359. The Labute approximate surface area is 103 Å². The molecular weight excluding hydrogens is 214 g/mol. The summed E-state index contributed by atoms with van der Waals surface area (Å²) in [4.78, 5) is 13.9. The molecule has 4 heteroatoms. The van der Waals surface area contributed by atoms with Gasteiger partial charge in [-0.25, -0.2) is 0 Å². The summed E-state index contributed by atoms with van der Waals surface area (Å²) in [6.07, 6.45) is 0. The third-order valence-electron chi connectivity index (χ3n) is 2.69. The van der Waals surface area contributed by atoms with Gasteiger partial charge in [0.05, 0.1) is 5.92 Å². The van der Waals surface area contributed by atoms with E-state index in [9.17, 15) is 4.79 Å². The quantitative estimate of drug-likeness (QED) is 0.750. The van der Waals surface area contributed by atoms with E-state index in [-0.39, 0.29) is 11.8 Å². The van der Waals surface area contributed by atoms with Crippen molar-refractivity contribution in [3.63, 3.8) is 0 Å². The van der Waals surface area contributed by atoms with E-state index in [2.05, 4.69) is 5.32 Å². The zero-order chi connectivity index (χ0) is 12.8. The Morgan fingerprint density at radius 2 is 1.94 bits per heavy atom. The average Bonchev–Trinajstić information content (AvgIpc) is 2.28. The van der Waals surface area contributed by atoms with E-state index in [1.54, 1.807) is 0 Å². The van der Waals surface area contributed by atoms with Gasteiger partial charge in [-0.3, -0.25) is 4.79 Å². The van der Waals surface area contributed by atoms with Gasteiger partial charge in [0.25, 0.3) is 0 Å². The lowest BCUT2D eigenvalue weighted by molar-refractivity contribution is -0.122. The summed E-state index contributed by atoms with van der Waals surface area (Å²) in [5.74, 6) is -0.0885. The number of nitrogens with two attached hydrogens (primary N) is 1. The van der Waals surface area contributed by atoms with Crippen molar-refractivity contribution in [1.29, 1.82) is 0 Å². The predicted octanol–water partition coefficient (Wildman–Crippen LogP) is 1.05. The number of carbonyl (C=O) groups excluding carboxylic acids is 1. The summed E-state index contributed by atoms with van der Waals surface area (Å²) in [7, 11) is 3.96. The van der Waals surface area contributed by atoms with Gasteiger partial charge in [-0.1, -0.05) is 12.1 Å². The Morgan fingerprint density at radius 3 is 2.47 bits per heavy atom. The van der Waals surface area contributed by atoms with Crippen molar-refractivity contribution < 1.29 is 4.79 Å². The molecule has 0 spiro atoms. The van der Waals surface area contributed by atoms with Crippen molar-refractivity contribution in [3.8, 4) is 0 Å². The van der Waals surface area contributed by atoms with E-state index in [0.29, 0.717) is 12.2 Å². The highest BCUT2D eigenvalue weighted by atomic mass is 16.1. The highest BCUT2D eigenvalue weighted by molar-refractivity contribution is 5.83. The van der Waals surface area contributed by atoms with E-state index in [1.807, 2.05) is 50.2 Å². The van der Waals surface area contributed by atoms with Crippen LogP contribution in [0.25, 0.3) is 0 Å². The minimum Gasteiger partial charge on any atom is -0.399 e. The Morgan fingerprint density at radius 1 is 1.35 bits per heavy atom. The lowest BCUT2D eigenvalue weighted by Crippen LogP contribution is -2.33. The lowest BCUT2D eigenvalue weighted by Gasteiger charge is -2.14. The molecule has 0 aliphatic carbocycles. The number of rotatable bonds is 5. The Kier molecular flexibility index (Phi) is 4.97. The van der Waals surface area contributed by atoms with E-state index in [0.717, 1.165) is 12.1 Å². The maximum atomic E-state index is 11.8. The molecule has 0 heterocycles. The molecule has 3 N–H and O–H groups in total. The van der Waals surface area contributed by atoms with Crippen LogP contribution < -0.4 is 11.1 Å². The Hall–Kier alpha value is -1.55. The van der Waals surface area contributed by atoms with Crippen LogP contribution in [0.1, 0.15) is 18.4 Å². The van der Waals surface area contributed by atoms with Gasteiger partial charge in [-0.05, 0) is 38.7 Å². The molecule has 0 fully saturated rings. The second-order valence-corrected chi connectivity index (χ2v) is 4.48. The Balaban J connectivity index is 2.49. The van der Waals surface area contributed by atoms with Crippen LogP contribution in [0.15, 0.2) is 24.3 Å². The standard InChI is InChI=1S/C13H21N3O/c1-10(11-4-6-12(14)7-5-11)13(17)15-8-9-16(2)3/h4-7,10H,8-9,14H2,1-3H3,(H,15,17). The molecule has 1 aromatic rings. The van der Waals surface area contributed by atoms with Crippen molar-refractivity contribution in [2.75, 3.05) is 32.9 Å². The number of hydrogen-bond donors (Lipinski definition) is 2. The smallest absolute Gasteiger partial charge is 0.227 e. The highest BCUT2D eigenvalue weighted by Crippen LogP contribution is 2.16. The summed E-state index contributed by atoms with van der Waals surface area (Å²) in [6.45, 7) is 3.42. The highest BCUT2D eigenvalue weighted by Gasteiger charge is 2.14. The van der Waals surface area contributed by atoms with Crippen LogP contribution in [-0.2, 0) is 4.79 Å². The lowest BCUT2D eigenvalue weighted by atomic mass is 10.0. The van der Waals surface area contributed by atoms with Gasteiger partial charge in [-0.15, -0.1) is 0 Å². The molecule has 0 saturated carbocycles. The monoisotopic (exact) mass is 235 g/mol. The van der Waals surface area contributed by atoms with Gasteiger partial charge in [-0.2, -0.15) is 0 Å². The predicted molar refractivity (Wildman–Crippen MR) is 70.8 cm³/mol. The van der Waals surface area contributed by atoms with E-state index >= 15 is 0 Å². The van der Waals surface area contributed by atoms with Crippen LogP contribution in [0.3, 0.4) is 0 Å². The maximum absolute atomic E-state index is 11.8. The van der Waals surface area contributed by atoms with Crippen molar-refractivity contribution in [2.24, 2.45) is 0 Å². The summed E-state index contributed by atoms with van der Waals surface area (Å²) in [5, 5.41) is 2.92. The minimum atomic E-state index is -0.141. The topological polar surface area (TPSA) is 58.4 Å². The van der Waals surface area contributed by atoms with Crippen LogP contribution in [0.5, 0.6) is 0 Å².